The number of rotatable bonds is 6. The summed E-state index contributed by atoms with van der Waals surface area (Å²) < 4.78 is 15.4. The SMILES string of the molecule is O=C(CSc1nnc(-c2ccccc2Cl)n1C1CCCC1)Nc1cccc(F)c1. The predicted octanol–water partition coefficient (Wildman–Crippen LogP) is 5.58. The molecule has 1 heterocycles. The van der Waals surface area contributed by atoms with Gasteiger partial charge in [0.15, 0.2) is 11.0 Å². The third-order valence-corrected chi connectivity index (χ3v) is 6.18. The molecule has 3 aromatic rings. The molecule has 8 heteroatoms. The van der Waals surface area contributed by atoms with E-state index in [0.717, 1.165) is 37.1 Å². The maximum absolute atomic E-state index is 13.3. The van der Waals surface area contributed by atoms with Crippen LogP contribution in [0.15, 0.2) is 53.7 Å². The molecule has 1 amide bonds. The first-order valence-corrected chi connectivity index (χ1v) is 10.9. The lowest BCUT2D eigenvalue weighted by molar-refractivity contribution is -0.113. The number of thioether (sulfide) groups is 1. The molecule has 1 N–H and O–H groups in total. The van der Waals surface area contributed by atoms with Gasteiger partial charge < -0.3 is 5.32 Å². The molecular formula is C21H20ClFN4OS. The molecular weight excluding hydrogens is 411 g/mol. The van der Waals surface area contributed by atoms with E-state index in [9.17, 15) is 9.18 Å². The van der Waals surface area contributed by atoms with Gasteiger partial charge in [-0.25, -0.2) is 4.39 Å². The van der Waals surface area contributed by atoms with Crippen molar-refractivity contribution in [3.05, 3.63) is 59.4 Å². The summed E-state index contributed by atoms with van der Waals surface area (Å²) in [5.41, 5.74) is 1.27. The van der Waals surface area contributed by atoms with Crippen LogP contribution < -0.4 is 5.32 Å². The second kappa shape index (κ2) is 8.97. The molecule has 0 radical (unpaired) electrons. The van der Waals surface area contributed by atoms with E-state index < -0.39 is 0 Å². The first-order chi connectivity index (χ1) is 14.1. The maximum Gasteiger partial charge on any atom is 0.234 e. The lowest BCUT2D eigenvalue weighted by atomic mass is 10.2. The number of anilines is 1. The van der Waals surface area contributed by atoms with Crippen molar-refractivity contribution < 1.29 is 9.18 Å². The Bertz CT molecular complexity index is 1020. The third kappa shape index (κ3) is 4.62. The molecule has 1 aliphatic rings. The van der Waals surface area contributed by atoms with Crippen LogP contribution >= 0.6 is 23.4 Å². The number of carbonyl (C=O) groups is 1. The van der Waals surface area contributed by atoms with E-state index in [-0.39, 0.29) is 17.5 Å². The van der Waals surface area contributed by atoms with Gasteiger partial charge in [-0.2, -0.15) is 0 Å². The highest BCUT2D eigenvalue weighted by Crippen LogP contribution is 2.38. The fourth-order valence-corrected chi connectivity index (χ4v) is 4.61. The van der Waals surface area contributed by atoms with Gasteiger partial charge in [0.25, 0.3) is 0 Å². The quantitative estimate of drug-likeness (QED) is 0.518. The van der Waals surface area contributed by atoms with Crippen molar-refractivity contribution >= 4 is 35.0 Å². The number of amides is 1. The van der Waals surface area contributed by atoms with Crippen molar-refractivity contribution in [3.8, 4) is 11.4 Å². The number of benzene rings is 2. The smallest absolute Gasteiger partial charge is 0.234 e. The summed E-state index contributed by atoms with van der Waals surface area (Å²) in [6, 6.07) is 13.7. The number of carbonyl (C=O) groups excluding carboxylic acids is 1. The second-order valence-corrected chi connectivity index (χ2v) is 8.29. The Balaban J connectivity index is 1.54. The number of hydrogen-bond acceptors (Lipinski definition) is 4. The summed E-state index contributed by atoms with van der Waals surface area (Å²) in [7, 11) is 0. The average Bonchev–Trinajstić information content (AvgIpc) is 3.36. The van der Waals surface area contributed by atoms with Gasteiger partial charge in [0.1, 0.15) is 5.82 Å². The number of nitrogens with one attached hydrogen (secondary N) is 1. The Hall–Kier alpha value is -2.38. The first-order valence-electron chi connectivity index (χ1n) is 9.50. The minimum atomic E-state index is -0.388. The van der Waals surface area contributed by atoms with Crippen LogP contribution in [0.5, 0.6) is 0 Å². The van der Waals surface area contributed by atoms with Gasteiger partial charge in [-0.05, 0) is 43.2 Å². The van der Waals surface area contributed by atoms with Crippen LogP contribution in [0.4, 0.5) is 10.1 Å². The van der Waals surface area contributed by atoms with E-state index in [2.05, 4.69) is 20.1 Å². The molecule has 0 aliphatic heterocycles. The van der Waals surface area contributed by atoms with E-state index in [1.165, 1.54) is 23.9 Å². The van der Waals surface area contributed by atoms with Gasteiger partial charge >= 0.3 is 0 Å². The van der Waals surface area contributed by atoms with Crippen molar-refractivity contribution in [1.82, 2.24) is 14.8 Å². The molecule has 1 fully saturated rings. The summed E-state index contributed by atoms with van der Waals surface area (Å²) in [6.07, 6.45) is 4.43. The monoisotopic (exact) mass is 430 g/mol. The summed E-state index contributed by atoms with van der Waals surface area (Å²) in [5.74, 6) is 0.279. The molecule has 1 aromatic heterocycles. The van der Waals surface area contributed by atoms with E-state index >= 15 is 0 Å². The summed E-state index contributed by atoms with van der Waals surface area (Å²) >= 11 is 7.72. The molecule has 1 saturated carbocycles. The van der Waals surface area contributed by atoms with Crippen LogP contribution in [-0.4, -0.2) is 26.4 Å². The van der Waals surface area contributed by atoms with Crippen molar-refractivity contribution in [2.24, 2.45) is 0 Å². The van der Waals surface area contributed by atoms with Crippen LogP contribution in [0.3, 0.4) is 0 Å². The highest BCUT2D eigenvalue weighted by Gasteiger charge is 2.26. The second-order valence-electron chi connectivity index (χ2n) is 6.94. The fourth-order valence-electron chi connectivity index (χ4n) is 3.59. The summed E-state index contributed by atoms with van der Waals surface area (Å²) in [5, 5.41) is 12.8. The highest BCUT2D eigenvalue weighted by atomic mass is 35.5. The Kier molecular flexibility index (Phi) is 6.16. The lowest BCUT2D eigenvalue weighted by Crippen LogP contribution is -2.15. The Morgan fingerprint density at radius 2 is 1.97 bits per heavy atom. The van der Waals surface area contributed by atoms with Gasteiger partial charge in [-0.3, -0.25) is 9.36 Å². The van der Waals surface area contributed by atoms with Crippen molar-refractivity contribution in [1.29, 1.82) is 0 Å². The predicted molar refractivity (Wildman–Crippen MR) is 114 cm³/mol. The Morgan fingerprint density at radius 3 is 2.72 bits per heavy atom. The van der Waals surface area contributed by atoms with Crippen LogP contribution in [0.1, 0.15) is 31.7 Å². The molecule has 0 spiro atoms. The molecule has 150 valence electrons. The molecule has 0 atom stereocenters. The van der Waals surface area contributed by atoms with Gasteiger partial charge in [-0.1, -0.05) is 54.4 Å². The van der Waals surface area contributed by atoms with E-state index in [1.807, 2.05) is 24.3 Å². The third-order valence-electron chi connectivity index (χ3n) is 4.91. The fraction of sp³-hybridized carbons (Fsp3) is 0.286. The van der Waals surface area contributed by atoms with Crippen molar-refractivity contribution in [2.45, 2.75) is 36.9 Å². The zero-order chi connectivity index (χ0) is 20.2. The Labute approximate surface area is 177 Å². The largest absolute Gasteiger partial charge is 0.325 e. The molecule has 0 saturated heterocycles. The zero-order valence-corrected chi connectivity index (χ0v) is 17.2. The standard InChI is InChI=1S/C21H20ClFN4OS/c22-18-11-4-3-10-17(18)20-25-26-21(27(20)16-8-1-2-9-16)29-13-19(28)24-15-7-5-6-14(23)12-15/h3-7,10-12,16H,1-2,8-9,13H2,(H,24,28). The summed E-state index contributed by atoms with van der Waals surface area (Å²) in [4.78, 5) is 12.3. The average molecular weight is 431 g/mol. The van der Waals surface area contributed by atoms with Crippen LogP contribution in [0.25, 0.3) is 11.4 Å². The minimum absolute atomic E-state index is 0.157. The maximum atomic E-state index is 13.3. The van der Waals surface area contributed by atoms with Crippen LogP contribution in [0, 0.1) is 5.82 Å². The topological polar surface area (TPSA) is 59.8 Å². The number of aromatic nitrogens is 3. The van der Waals surface area contributed by atoms with Crippen LogP contribution in [-0.2, 0) is 4.79 Å². The molecule has 0 unspecified atom stereocenters. The van der Waals surface area contributed by atoms with E-state index in [4.69, 9.17) is 11.6 Å². The molecule has 0 bridgehead atoms. The van der Waals surface area contributed by atoms with Crippen molar-refractivity contribution in [3.63, 3.8) is 0 Å². The van der Waals surface area contributed by atoms with Gasteiger partial charge in [-0.15, -0.1) is 10.2 Å². The molecule has 4 rings (SSSR count). The number of hydrogen-bond donors (Lipinski definition) is 1. The normalized spacial score (nSPS) is 14.3. The zero-order valence-electron chi connectivity index (χ0n) is 15.6. The van der Waals surface area contributed by atoms with Gasteiger partial charge in [0.2, 0.25) is 5.91 Å². The molecule has 2 aromatic carbocycles. The highest BCUT2D eigenvalue weighted by molar-refractivity contribution is 7.99. The summed E-state index contributed by atoms with van der Waals surface area (Å²) in [6.45, 7) is 0. The van der Waals surface area contributed by atoms with E-state index in [1.54, 1.807) is 12.1 Å². The molecule has 5 nitrogen and oxygen atoms in total. The van der Waals surface area contributed by atoms with Crippen LogP contribution in [0.2, 0.25) is 5.02 Å². The lowest BCUT2D eigenvalue weighted by Gasteiger charge is -2.17. The molecule has 29 heavy (non-hydrogen) atoms. The minimum Gasteiger partial charge on any atom is -0.325 e. The number of halogens is 2. The first kappa shape index (κ1) is 19.9. The number of nitrogens with zero attached hydrogens (tertiary/aromatic N) is 3. The van der Waals surface area contributed by atoms with E-state index in [0.29, 0.717) is 21.9 Å². The molecule has 1 aliphatic carbocycles. The van der Waals surface area contributed by atoms with Crippen molar-refractivity contribution in [2.75, 3.05) is 11.1 Å². The van der Waals surface area contributed by atoms with Gasteiger partial charge in [0, 0.05) is 17.3 Å². The van der Waals surface area contributed by atoms with Gasteiger partial charge in [0.05, 0.1) is 10.8 Å². The Morgan fingerprint density at radius 1 is 1.17 bits per heavy atom.